The normalized spacial score (nSPS) is 14.4. The van der Waals surface area contributed by atoms with E-state index in [0.29, 0.717) is 53.1 Å². The Morgan fingerprint density at radius 3 is 2.52 bits per heavy atom. The van der Waals surface area contributed by atoms with Crippen LogP contribution in [0.15, 0.2) is 42.6 Å². The van der Waals surface area contributed by atoms with Gasteiger partial charge in [0.1, 0.15) is 17.0 Å². The Morgan fingerprint density at radius 2 is 1.84 bits per heavy atom. The fourth-order valence-electron chi connectivity index (χ4n) is 3.54. The van der Waals surface area contributed by atoms with Crippen molar-refractivity contribution in [3.63, 3.8) is 0 Å². The molecule has 1 saturated heterocycles. The molecule has 0 atom stereocenters. The second-order valence-electron chi connectivity index (χ2n) is 7.13. The van der Waals surface area contributed by atoms with Gasteiger partial charge in [-0.15, -0.1) is 0 Å². The lowest BCUT2D eigenvalue weighted by Gasteiger charge is -2.27. The molecule has 3 aromatic rings. The number of carbonyl (C=O) groups is 1. The Balaban J connectivity index is 1.73. The number of halogens is 1. The molecule has 0 N–H and O–H groups in total. The monoisotopic (exact) mass is 442 g/mol. The van der Waals surface area contributed by atoms with Crippen LogP contribution in [-0.2, 0) is 11.3 Å². The second-order valence-corrected chi connectivity index (χ2v) is 7.53. The van der Waals surface area contributed by atoms with E-state index in [-0.39, 0.29) is 0 Å². The van der Waals surface area contributed by atoms with Crippen molar-refractivity contribution < 1.29 is 23.7 Å². The van der Waals surface area contributed by atoms with Gasteiger partial charge in [0.25, 0.3) is 0 Å². The number of aromatic nitrogens is 1. The molecule has 31 heavy (non-hydrogen) atoms. The van der Waals surface area contributed by atoms with E-state index in [9.17, 15) is 4.79 Å². The predicted octanol–water partition coefficient (Wildman–Crippen LogP) is 3.96. The zero-order valence-corrected chi connectivity index (χ0v) is 18.1. The number of hydrogen-bond acceptors (Lipinski definition) is 7. The minimum absolute atomic E-state index is 0.313. The Kier molecular flexibility index (Phi) is 6.56. The average molecular weight is 443 g/mol. The van der Waals surface area contributed by atoms with Crippen molar-refractivity contribution in [2.45, 2.75) is 6.54 Å². The molecule has 7 nitrogen and oxygen atoms in total. The summed E-state index contributed by atoms with van der Waals surface area (Å²) in [5, 5.41) is 1.29. The number of fused-ring (bicyclic) bond motifs is 1. The van der Waals surface area contributed by atoms with Crippen molar-refractivity contribution in [3.8, 4) is 17.2 Å². The maximum atomic E-state index is 13.1. The van der Waals surface area contributed by atoms with Crippen molar-refractivity contribution in [2.24, 2.45) is 0 Å². The minimum atomic E-state index is -0.533. The number of nitrogens with zero attached hydrogens (tertiary/aromatic N) is 2. The second kappa shape index (κ2) is 9.51. The number of pyridine rings is 1. The Bertz CT molecular complexity index is 1080. The standard InChI is InChI=1S/C23H23ClN2O5/c1-28-17-10-15(11-18(13-17)29-2)23(27)31-22-16(14-26-6-8-30-9-7-26)12-20(24)19-4-3-5-25-21(19)22/h3-5,10-13H,6-9,14H2,1-2H3. The van der Waals surface area contributed by atoms with Gasteiger partial charge >= 0.3 is 5.97 Å². The Morgan fingerprint density at radius 1 is 1.13 bits per heavy atom. The third kappa shape index (κ3) is 4.74. The first-order chi connectivity index (χ1) is 15.1. The average Bonchev–Trinajstić information content (AvgIpc) is 2.81. The van der Waals surface area contributed by atoms with E-state index in [1.54, 1.807) is 30.5 Å². The molecule has 0 aliphatic carbocycles. The van der Waals surface area contributed by atoms with Gasteiger partial charge in [0.2, 0.25) is 0 Å². The summed E-state index contributed by atoms with van der Waals surface area (Å²) in [7, 11) is 3.06. The highest BCUT2D eigenvalue weighted by atomic mass is 35.5. The van der Waals surface area contributed by atoms with Gasteiger partial charge in [0, 0.05) is 42.8 Å². The van der Waals surface area contributed by atoms with Crippen LogP contribution < -0.4 is 14.2 Å². The predicted molar refractivity (Wildman–Crippen MR) is 117 cm³/mol. The topological polar surface area (TPSA) is 70.1 Å². The molecule has 0 bridgehead atoms. The summed E-state index contributed by atoms with van der Waals surface area (Å²) in [4.78, 5) is 19.8. The highest BCUT2D eigenvalue weighted by Crippen LogP contribution is 2.35. The van der Waals surface area contributed by atoms with E-state index in [0.717, 1.165) is 24.0 Å². The summed E-state index contributed by atoms with van der Waals surface area (Å²) < 4.78 is 21.9. The number of hydrogen-bond donors (Lipinski definition) is 0. The molecule has 4 rings (SSSR count). The van der Waals surface area contributed by atoms with Gasteiger partial charge in [-0.3, -0.25) is 9.88 Å². The van der Waals surface area contributed by atoms with Gasteiger partial charge in [0.05, 0.1) is 38.0 Å². The molecule has 2 aromatic carbocycles. The first-order valence-corrected chi connectivity index (χ1v) is 10.3. The van der Waals surface area contributed by atoms with Crippen LogP contribution in [-0.4, -0.2) is 56.4 Å². The van der Waals surface area contributed by atoms with Gasteiger partial charge in [-0.05, 0) is 30.3 Å². The molecule has 0 unspecified atom stereocenters. The van der Waals surface area contributed by atoms with Gasteiger partial charge in [-0.25, -0.2) is 4.79 Å². The zero-order valence-electron chi connectivity index (χ0n) is 17.4. The third-order valence-corrected chi connectivity index (χ3v) is 5.46. The number of esters is 1. The van der Waals surface area contributed by atoms with Crippen molar-refractivity contribution in [1.29, 1.82) is 0 Å². The lowest BCUT2D eigenvalue weighted by atomic mass is 10.1. The number of rotatable bonds is 6. The van der Waals surface area contributed by atoms with Crippen molar-refractivity contribution >= 4 is 28.5 Å². The molecule has 0 saturated carbocycles. The SMILES string of the molecule is COc1cc(OC)cc(C(=O)Oc2c(CN3CCOCC3)cc(Cl)c3cccnc23)c1. The Hall–Kier alpha value is -2.87. The van der Waals surface area contributed by atoms with Crippen LogP contribution in [0.4, 0.5) is 0 Å². The molecule has 2 heterocycles. The molecule has 1 aromatic heterocycles. The number of methoxy groups -OCH3 is 2. The molecule has 162 valence electrons. The number of ether oxygens (including phenoxy) is 4. The van der Waals surface area contributed by atoms with E-state index in [2.05, 4.69) is 9.88 Å². The molecule has 0 radical (unpaired) electrons. The summed E-state index contributed by atoms with van der Waals surface area (Å²) >= 11 is 6.53. The summed E-state index contributed by atoms with van der Waals surface area (Å²) in [6.07, 6.45) is 1.66. The first kappa shape index (κ1) is 21.4. The molecular weight excluding hydrogens is 420 g/mol. The maximum absolute atomic E-state index is 13.1. The van der Waals surface area contributed by atoms with E-state index < -0.39 is 5.97 Å². The zero-order chi connectivity index (χ0) is 21.8. The van der Waals surface area contributed by atoms with Crippen molar-refractivity contribution in [1.82, 2.24) is 9.88 Å². The molecule has 0 spiro atoms. The fourth-order valence-corrected chi connectivity index (χ4v) is 3.82. The smallest absolute Gasteiger partial charge is 0.343 e. The van der Waals surface area contributed by atoms with Crippen molar-refractivity contribution in [3.05, 3.63) is 58.7 Å². The van der Waals surface area contributed by atoms with Crippen LogP contribution in [0.25, 0.3) is 10.9 Å². The van der Waals surface area contributed by atoms with E-state index in [1.807, 2.05) is 12.1 Å². The van der Waals surface area contributed by atoms with Crippen molar-refractivity contribution in [2.75, 3.05) is 40.5 Å². The van der Waals surface area contributed by atoms with Crippen LogP contribution in [0, 0.1) is 0 Å². The summed E-state index contributed by atoms with van der Waals surface area (Å²) in [5.74, 6) is 0.867. The largest absolute Gasteiger partial charge is 0.497 e. The molecule has 8 heteroatoms. The van der Waals surface area contributed by atoms with Crippen LogP contribution >= 0.6 is 11.6 Å². The Labute approximate surface area is 185 Å². The summed E-state index contributed by atoms with van der Waals surface area (Å²) in [6.45, 7) is 3.48. The number of benzene rings is 2. The van der Waals surface area contributed by atoms with Gasteiger partial charge < -0.3 is 18.9 Å². The molecule has 1 aliphatic heterocycles. The highest BCUT2D eigenvalue weighted by molar-refractivity contribution is 6.35. The van der Waals surface area contributed by atoms with Crippen LogP contribution in [0.3, 0.4) is 0 Å². The van der Waals surface area contributed by atoms with Gasteiger partial charge in [-0.1, -0.05) is 11.6 Å². The van der Waals surface area contributed by atoms with Crippen LogP contribution in [0.1, 0.15) is 15.9 Å². The lowest BCUT2D eigenvalue weighted by molar-refractivity contribution is 0.0337. The highest BCUT2D eigenvalue weighted by Gasteiger charge is 2.21. The number of morpholine rings is 1. The van der Waals surface area contributed by atoms with E-state index in [1.165, 1.54) is 14.2 Å². The molecule has 1 fully saturated rings. The molecule has 0 amide bonds. The van der Waals surface area contributed by atoms with E-state index in [4.69, 9.17) is 30.5 Å². The number of carbonyl (C=O) groups excluding carboxylic acids is 1. The molecular formula is C23H23ClN2O5. The van der Waals surface area contributed by atoms with E-state index >= 15 is 0 Å². The fraction of sp³-hybridized carbons (Fsp3) is 0.304. The third-order valence-electron chi connectivity index (χ3n) is 5.15. The minimum Gasteiger partial charge on any atom is -0.497 e. The van der Waals surface area contributed by atoms with Crippen LogP contribution in [0.2, 0.25) is 5.02 Å². The lowest BCUT2D eigenvalue weighted by Crippen LogP contribution is -2.35. The van der Waals surface area contributed by atoms with Gasteiger partial charge in [0.15, 0.2) is 5.75 Å². The summed E-state index contributed by atoms with van der Waals surface area (Å²) in [6, 6.07) is 10.4. The van der Waals surface area contributed by atoms with Gasteiger partial charge in [-0.2, -0.15) is 0 Å². The molecule has 1 aliphatic rings. The quantitative estimate of drug-likeness (QED) is 0.422. The van der Waals surface area contributed by atoms with Crippen LogP contribution in [0.5, 0.6) is 17.2 Å². The first-order valence-electron chi connectivity index (χ1n) is 9.90. The summed E-state index contributed by atoms with van der Waals surface area (Å²) in [5.41, 5.74) is 1.65. The maximum Gasteiger partial charge on any atom is 0.343 e.